The smallest absolute Gasteiger partial charge is 0.256 e. The van der Waals surface area contributed by atoms with Gasteiger partial charge in [-0.25, -0.2) is 9.37 Å². The van der Waals surface area contributed by atoms with Gasteiger partial charge in [0.1, 0.15) is 11.6 Å². The first-order valence-corrected chi connectivity index (χ1v) is 9.39. The van der Waals surface area contributed by atoms with Gasteiger partial charge in [0.2, 0.25) is 5.95 Å². The summed E-state index contributed by atoms with van der Waals surface area (Å²) in [5.74, 6) is 0.386. The Morgan fingerprint density at radius 2 is 1.50 bits per heavy atom. The first-order chi connectivity index (χ1) is 14.6. The number of nitrogens with one attached hydrogen (secondary N) is 1. The van der Waals surface area contributed by atoms with Crippen LogP contribution in [0, 0.1) is 5.82 Å². The summed E-state index contributed by atoms with van der Waals surface area (Å²) in [6, 6.07) is 24.8. The third-order valence-electron chi connectivity index (χ3n) is 4.65. The predicted molar refractivity (Wildman–Crippen MR) is 116 cm³/mol. The molecule has 1 amide bonds. The van der Waals surface area contributed by atoms with Crippen LogP contribution in [0.25, 0.3) is 11.1 Å². The van der Waals surface area contributed by atoms with Gasteiger partial charge in [0, 0.05) is 24.5 Å². The molecule has 0 spiro atoms. The van der Waals surface area contributed by atoms with Crippen molar-refractivity contribution in [2.75, 3.05) is 17.3 Å². The lowest BCUT2D eigenvalue weighted by Crippen LogP contribution is -2.16. The average molecular weight is 398 g/mol. The van der Waals surface area contributed by atoms with Gasteiger partial charge in [-0.3, -0.25) is 4.79 Å². The van der Waals surface area contributed by atoms with Gasteiger partial charge in [0.15, 0.2) is 0 Å². The molecular weight excluding hydrogens is 379 g/mol. The standard InChI is InChI=1S/C24H19FN4O/c1-29(21-13-9-18(10-14-21)17-7-11-20(25)12-8-17)24-26-16-15-22(28-24)27-23(30)19-5-3-2-4-6-19/h2-16H,1H3,(H,26,27,28,30). The normalized spacial score (nSPS) is 10.5. The Morgan fingerprint density at radius 1 is 0.867 bits per heavy atom. The van der Waals surface area contributed by atoms with Crippen LogP contribution >= 0.6 is 0 Å². The van der Waals surface area contributed by atoms with Crippen molar-refractivity contribution in [3.8, 4) is 11.1 Å². The van der Waals surface area contributed by atoms with Crippen LogP contribution in [-0.2, 0) is 0 Å². The number of aromatic nitrogens is 2. The first-order valence-electron chi connectivity index (χ1n) is 9.39. The lowest BCUT2D eigenvalue weighted by atomic mass is 10.1. The number of benzene rings is 3. The van der Waals surface area contributed by atoms with Crippen molar-refractivity contribution in [2.24, 2.45) is 0 Å². The Morgan fingerprint density at radius 3 is 2.17 bits per heavy atom. The fourth-order valence-corrected chi connectivity index (χ4v) is 2.99. The zero-order valence-corrected chi connectivity index (χ0v) is 16.3. The number of carbonyl (C=O) groups is 1. The van der Waals surface area contributed by atoms with E-state index in [1.165, 1.54) is 12.1 Å². The quantitative estimate of drug-likeness (QED) is 0.495. The molecule has 0 saturated heterocycles. The molecular formula is C24H19FN4O. The maximum Gasteiger partial charge on any atom is 0.256 e. The second-order valence-corrected chi connectivity index (χ2v) is 6.67. The second kappa shape index (κ2) is 8.53. The zero-order valence-electron chi connectivity index (χ0n) is 16.3. The highest BCUT2D eigenvalue weighted by Gasteiger charge is 2.11. The second-order valence-electron chi connectivity index (χ2n) is 6.67. The fraction of sp³-hybridized carbons (Fsp3) is 0.0417. The number of anilines is 3. The average Bonchev–Trinajstić information content (AvgIpc) is 2.80. The SMILES string of the molecule is CN(c1ccc(-c2ccc(F)cc2)cc1)c1nccc(NC(=O)c2ccccc2)n1. The molecule has 0 fully saturated rings. The Labute approximate surface area is 173 Å². The number of carbonyl (C=O) groups excluding carboxylic acids is 1. The molecule has 0 saturated carbocycles. The fourth-order valence-electron chi connectivity index (χ4n) is 2.99. The first kappa shape index (κ1) is 19.3. The minimum atomic E-state index is -0.258. The lowest BCUT2D eigenvalue weighted by molar-refractivity contribution is 0.102. The van der Waals surface area contributed by atoms with Crippen LogP contribution < -0.4 is 10.2 Å². The molecule has 0 atom stereocenters. The zero-order chi connectivity index (χ0) is 20.9. The molecule has 1 N–H and O–H groups in total. The molecule has 0 aliphatic heterocycles. The molecule has 1 aromatic heterocycles. The molecule has 30 heavy (non-hydrogen) atoms. The minimum Gasteiger partial charge on any atom is -0.314 e. The molecule has 0 aliphatic carbocycles. The van der Waals surface area contributed by atoms with Crippen LogP contribution in [0.5, 0.6) is 0 Å². The van der Waals surface area contributed by atoms with Gasteiger partial charge >= 0.3 is 0 Å². The van der Waals surface area contributed by atoms with E-state index in [9.17, 15) is 9.18 Å². The van der Waals surface area contributed by atoms with Crippen LogP contribution in [0.1, 0.15) is 10.4 Å². The molecule has 0 radical (unpaired) electrons. The number of halogens is 1. The molecule has 0 unspecified atom stereocenters. The van der Waals surface area contributed by atoms with Crippen LogP contribution in [0.3, 0.4) is 0 Å². The third-order valence-corrected chi connectivity index (χ3v) is 4.65. The number of hydrogen-bond donors (Lipinski definition) is 1. The summed E-state index contributed by atoms with van der Waals surface area (Å²) in [6.07, 6.45) is 1.60. The monoisotopic (exact) mass is 398 g/mol. The largest absolute Gasteiger partial charge is 0.314 e. The Balaban J connectivity index is 1.50. The molecule has 0 bridgehead atoms. The van der Waals surface area contributed by atoms with Crippen LogP contribution in [0.15, 0.2) is 91.1 Å². The summed E-state index contributed by atoms with van der Waals surface area (Å²) < 4.78 is 13.1. The van der Waals surface area contributed by atoms with Crippen LogP contribution in [0.2, 0.25) is 0 Å². The van der Waals surface area contributed by atoms with Gasteiger partial charge in [-0.05, 0) is 53.6 Å². The predicted octanol–water partition coefficient (Wildman–Crippen LogP) is 5.30. The van der Waals surface area contributed by atoms with E-state index in [1.54, 1.807) is 36.5 Å². The highest BCUT2D eigenvalue weighted by molar-refractivity contribution is 6.03. The maximum atomic E-state index is 13.1. The van der Waals surface area contributed by atoms with E-state index < -0.39 is 0 Å². The highest BCUT2D eigenvalue weighted by atomic mass is 19.1. The van der Waals surface area contributed by atoms with Crippen LogP contribution in [0.4, 0.5) is 21.8 Å². The summed E-state index contributed by atoms with van der Waals surface area (Å²) in [5.41, 5.74) is 3.36. The van der Waals surface area contributed by atoms with E-state index in [2.05, 4.69) is 15.3 Å². The van der Waals surface area contributed by atoms with Crippen molar-refractivity contribution in [1.82, 2.24) is 9.97 Å². The summed E-state index contributed by atoms with van der Waals surface area (Å²) in [5, 5.41) is 2.79. The van der Waals surface area contributed by atoms with Crippen molar-refractivity contribution < 1.29 is 9.18 Å². The summed E-state index contributed by atoms with van der Waals surface area (Å²) in [4.78, 5) is 22.9. The number of hydrogen-bond acceptors (Lipinski definition) is 4. The van der Waals surface area contributed by atoms with Gasteiger partial charge in [-0.2, -0.15) is 4.98 Å². The number of nitrogens with zero attached hydrogens (tertiary/aromatic N) is 3. The van der Waals surface area contributed by atoms with Crippen molar-refractivity contribution in [3.63, 3.8) is 0 Å². The number of amides is 1. The van der Waals surface area contributed by atoms with E-state index in [0.717, 1.165) is 16.8 Å². The van der Waals surface area contributed by atoms with E-state index in [0.29, 0.717) is 17.3 Å². The van der Waals surface area contributed by atoms with Gasteiger partial charge < -0.3 is 10.2 Å². The summed E-state index contributed by atoms with van der Waals surface area (Å²) in [6.45, 7) is 0. The van der Waals surface area contributed by atoms with E-state index >= 15 is 0 Å². The Kier molecular flexibility index (Phi) is 5.48. The van der Waals surface area contributed by atoms with Gasteiger partial charge in [-0.15, -0.1) is 0 Å². The van der Waals surface area contributed by atoms with Gasteiger partial charge in [0.05, 0.1) is 0 Å². The molecule has 148 valence electrons. The maximum absolute atomic E-state index is 13.1. The molecule has 4 rings (SSSR count). The van der Waals surface area contributed by atoms with Gasteiger partial charge in [-0.1, -0.05) is 42.5 Å². The van der Waals surface area contributed by atoms with Gasteiger partial charge in [0.25, 0.3) is 5.91 Å². The van der Waals surface area contributed by atoms with Crippen molar-refractivity contribution >= 4 is 23.4 Å². The van der Waals surface area contributed by atoms with E-state index in [1.807, 2.05) is 54.4 Å². The molecule has 1 heterocycles. The third kappa shape index (κ3) is 4.33. The number of rotatable bonds is 5. The topological polar surface area (TPSA) is 58.1 Å². The Bertz CT molecular complexity index is 1150. The van der Waals surface area contributed by atoms with E-state index in [-0.39, 0.29) is 11.7 Å². The summed E-state index contributed by atoms with van der Waals surface area (Å²) in [7, 11) is 1.85. The molecule has 0 aliphatic rings. The van der Waals surface area contributed by atoms with Crippen molar-refractivity contribution in [3.05, 3.63) is 103 Å². The Hall–Kier alpha value is -4.06. The minimum absolute atomic E-state index is 0.230. The van der Waals surface area contributed by atoms with E-state index in [4.69, 9.17) is 0 Å². The molecule has 3 aromatic carbocycles. The molecule has 6 heteroatoms. The van der Waals surface area contributed by atoms with Crippen LogP contribution in [-0.4, -0.2) is 22.9 Å². The molecule has 5 nitrogen and oxygen atoms in total. The van der Waals surface area contributed by atoms with Crippen molar-refractivity contribution in [2.45, 2.75) is 0 Å². The highest BCUT2D eigenvalue weighted by Crippen LogP contribution is 2.26. The van der Waals surface area contributed by atoms with Crippen molar-refractivity contribution in [1.29, 1.82) is 0 Å². The summed E-state index contributed by atoms with van der Waals surface area (Å²) >= 11 is 0. The molecule has 4 aromatic rings. The lowest BCUT2D eigenvalue weighted by Gasteiger charge is -2.18.